The monoisotopic (exact) mass is 201 g/mol. The van der Waals surface area contributed by atoms with Crippen molar-refractivity contribution in [2.24, 2.45) is 0 Å². The Morgan fingerprint density at radius 3 is 2.93 bits per heavy atom. The fourth-order valence-corrected chi connectivity index (χ4v) is 2.00. The van der Waals surface area contributed by atoms with Gasteiger partial charge in [0.1, 0.15) is 0 Å². The van der Waals surface area contributed by atoms with Crippen LogP contribution in [-0.2, 0) is 13.0 Å². The zero-order chi connectivity index (χ0) is 10.7. The number of ketones is 1. The van der Waals surface area contributed by atoms with E-state index in [2.05, 4.69) is 18.0 Å². The quantitative estimate of drug-likeness (QED) is 0.505. The lowest BCUT2D eigenvalue weighted by Crippen LogP contribution is -1.97. The van der Waals surface area contributed by atoms with Gasteiger partial charge in [-0.2, -0.15) is 0 Å². The van der Waals surface area contributed by atoms with Crippen molar-refractivity contribution in [1.82, 2.24) is 4.57 Å². The molecule has 0 N–H and O–H groups in total. The standard InChI is InChI=1S/C13H15NO/c1-2-3-8-14-9-11-6-4-5-7-13(15)12(11)10-14/h9-10H,4-8H2,1H3. The largest absolute Gasteiger partial charge is 0.342 e. The van der Waals surface area contributed by atoms with E-state index in [0.29, 0.717) is 18.7 Å². The number of hydrogen-bond donors (Lipinski definition) is 0. The van der Waals surface area contributed by atoms with Crippen LogP contribution in [-0.4, -0.2) is 10.4 Å². The molecule has 0 bridgehead atoms. The van der Waals surface area contributed by atoms with Crippen LogP contribution in [0.4, 0.5) is 0 Å². The first-order chi connectivity index (χ1) is 7.31. The summed E-state index contributed by atoms with van der Waals surface area (Å²) in [6, 6.07) is 0. The maximum Gasteiger partial charge on any atom is 0.164 e. The van der Waals surface area contributed by atoms with Crippen LogP contribution in [0.1, 0.15) is 42.1 Å². The summed E-state index contributed by atoms with van der Waals surface area (Å²) in [7, 11) is 0. The summed E-state index contributed by atoms with van der Waals surface area (Å²) in [6.45, 7) is 2.52. The van der Waals surface area contributed by atoms with Gasteiger partial charge in [0.2, 0.25) is 0 Å². The molecule has 0 atom stereocenters. The lowest BCUT2D eigenvalue weighted by molar-refractivity contribution is 0.0982. The van der Waals surface area contributed by atoms with Gasteiger partial charge in [0.25, 0.3) is 0 Å². The van der Waals surface area contributed by atoms with E-state index in [4.69, 9.17) is 0 Å². The number of Topliss-reactive ketones (excluding diaryl/α,β-unsaturated/α-hetero) is 1. The SMILES string of the molecule is CC#CCn1cc2c(c1)C(=O)CCCC2. The van der Waals surface area contributed by atoms with Crippen molar-refractivity contribution >= 4 is 5.78 Å². The minimum atomic E-state index is 0.297. The van der Waals surface area contributed by atoms with E-state index in [1.807, 2.05) is 17.7 Å². The van der Waals surface area contributed by atoms with Crippen LogP contribution in [0.5, 0.6) is 0 Å². The molecule has 15 heavy (non-hydrogen) atoms. The predicted molar refractivity (Wildman–Crippen MR) is 59.8 cm³/mol. The van der Waals surface area contributed by atoms with Crippen molar-refractivity contribution in [3.63, 3.8) is 0 Å². The van der Waals surface area contributed by atoms with Crippen LogP contribution in [0.2, 0.25) is 0 Å². The average molecular weight is 201 g/mol. The lowest BCUT2D eigenvalue weighted by atomic mass is 10.1. The minimum absolute atomic E-state index is 0.297. The topological polar surface area (TPSA) is 22.0 Å². The van der Waals surface area contributed by atoms with Gasteiger partial charge < -0.3 is 4.57 Å². The van der Waals surface area contributed by atoms with Crippen LogP contribution in [0.3, 0.4) is 0 Å². The summed E-state index contributed by atoms with van der Waals surface area (Å²) < 4.78 is 2.02. The second-order valence-corrected chi connectivity index (χ2v) is 3.93. The van der Waals surface area contributed by atoms with Gasteiger partial charge in [-0.05, 0) is 31.7 Å². The number of nitrogens with zero attached hydrogens (tertiary/aromatic N) is 1. The van der Waals surface area contributed by atoms with Crippen molar-refractivity contribution in [2.75, 3.05) is 0 Å². The molecule has 2 nitrogen and oxygen atoms in total. The molecule has 0 unspecified atom stereocenters. The van der Waals surface area contributed by atoms with Gasteiger partial charge in [-0.15, -0.1) is 5.92 Å². The fraction of sp³-hybridized carbons (Fsp3) is 0.462. The van der Waals surface area contributed by atoms with E-state index in [9.17, 15) is 4.79 Å². The third-order valence-corrected chi connectivity index (χ3v) is 2.80. The molecule has 0 fully saturated rings. The smallest absolute Gasteiger partial charge is 0.164 e. The van der Waals surface area contributed by atoms with Crippen LogP contribution in [0.15, 0.2) is 12.4 Å². The maximum atomic E-state index is 11.7. The second kappa shape index (κ2) is 4.35. The molecule has 0 saturated heterocycles. The fourth-order valence-electron chi connectivity index (χ4n) is 2.00. The summed E-state index contributed by atoms with van der Waals surface area (Å²) in [4.78, 5) is 11.7. The van der Waals surface area contributed by atoms with Crippen molar-refractivity contribution in [3.05, 3.63) is 23.5 Å². The number of carbonyl (C=O) groups excluding carboxylic acids is 1. The zero-order valence-corrected chi connectivity index (χ0v) is 9.05. The Hall–Kier alpha value is -1.49. The van der Waals surface area contributed by atoms with E-state index in [1.54, 1.807) is 0 Å². The second-order valence-electron chi connectivity index (χ2n) is 3.93. The molecule has 0 amide bonds. The first-order valence-electron chi connectivity index (χ1n) is 5.42. The summed E-state index contributed by atoms with van der Waals surface area (Å²) in [5, 5.41) is 0. The highest BCUT2D eigenvalue weighted by Gasteiger charge is 2.17. The highest BCUT2D eigenvalue weighted by molar-refractivity contribution is 5.97. The molecule has 1 aliphatic rings. The summed E-state index contributed by atoms with van der Waals surface area (Å²) in [5.41, 5.74) is 2.13. The van der Waals surface area contributed by atoms with Crippen molar-refractivity contribution in [1.29, 1.82) is 0 Å². The Labute approximate surface area is 90.3 Å². The normalized spacial score (nSPS) is 15.1. The average Bonchev–Trinajstić information content (AvgIpc) is 2.57. The molecule has 0 saturated carbocycles. The Morgan fingerprint density at radius 2 is 2.13 bits per heavy atom. The Kier molecular flexibility index (Phi) is 2.91. The van der Waals surface area contributed by atoms with E-state index < -0.39 is 0 Å². The summed E-state index contributed by atoms with van der Waals surface area (Å²) in [6.07, 6.45) is 7.92. The summed E-state index contributed by atoms with van der Waals surface area (Å²) in [5.74, 6) is 6.17. The maximum absolute atomic E-state index is 11.7. The molecule has 0 aromatic carbocycles. The Balaban J connectivity index is 2.28. The van der Waals surface area contributed by atoms with Crippen LogP contribution in [0.25, 0.3) is 0 Å². The number of hydrogen-bond acceptors (Lipinski definition) is 1. The Bertz CT molecular complexity index is 431. The van der Waals surface area contributed by atoms with Crippen molar-refractivity contribution in [3.8, 4) is 11.8 Å². The third-order valence-electron chi connectivity index (χ3n) is 2.80. The molecule has 0 aliphatic heterocycles. The molecule has 1 aliphatic carbocycles. The molecule has 2 rings (SSSR count). The Morgan fingerprint density at radius 1 is 1.33 bits per heavy atom. The number of aromatic nitrogens is 1. The van der Waals surface area contributed by atoms with Gasteiger partial charge in [0.05, 0.1) is 6.54 Å². The molecule has 0 spiro atoms. The molecule has 2 heteroatoms. The highest BCUT2D eigenvalue weighted by atomic mass is 16.1. The first kappa shape index (κ1) is 10.0. The van der Waals surface area contributed by atoms with E-state index in [-0.39, 0.29) is 0 Å². The predicted octanol–water partition coefficient (Wildman–Crippen LogP) is 2.42. The van der Waals surface area contributed by atoms with Crippen molar-refractivity contribution in [2.45, 2.75) is 39.2 Å². The number of rotatable bonds is 1. The number of carbonyl (C=O) groups is 1. The van der Waals surface area contributed by atoms with Crippen LogP contribution < -0.4 is 0 Å². The van der Waals surface area contributed by atoms with Gasteiger partial charge in [-0.3, -0.25) is 4.79 Å². The summed E-state index contributed by atoms with van der Waals surface area (Å²) >= 11 is 0. The highest BCUT2D eigenvalue weighted by Crippen LogP contribution is 2.21. The number of fused-ring (bicyclic) bond motifs is 1. The van der Waals surface area contributed by atoms with Gasteiger partial charge in [-0.25, -0.2) is 0 Å². The van der Waals surface area contributed by atoms with Gasteiger partial charge in [-0.1, -0.05) is 5.92 Å². The third kappa shape index (κ3) is 2.12. The molecule has 0 radical (unpaired) electrons. The molecular formula is C13H15NO. The van der Waals surface area contributed by atoms with E-state index >= 15 is 0 Å². The van der Waals surface area contributed by atoms with E-state index in [0.717, 1.165) is 24.8 Å². The van der Waals surface area contributed by atoms with Crippen molar-refractivity contribution < 1.29 is 4.79 Å². The molecular weight excluding hydrogens is 186 g/mol. The molecule has 78 valence electrons. The minimum Gasteiger partial charge on any atom is -0.342 e. The van der Waals surface area contributed by atoms with E-state index in [1.165, 1.54) is 5.56 Å². The zero-order valence-electron chi connectivity index (χ0n) is 9.05. The molecule has 1 aromatic heterocycles. The van der Waals surface area contributed by atoms with Gasteiger partial charge in [0.15, 0.2) is 5.78 Å². The van der Waals surface area contributed by atoms with Crippen LogP contribution in [0, 0.1) is 11.8 Å². The van der Waals surface area contributed by atoms with Gasteiger partial charge in [0, 0.05) is 24.4 Å². The van der Waals surface area contributed by atoms with Gasteiger partial charge >= 0.3 is 0 Å². The number of aryl methyl sites for hydroxylation is 1. The first-order valence-corrected chi connectivity index (χ1v) is 5.42. The van der Waals surface area contributed by atoms with Crippen LogP contribution >= 0.6 is 0 Å². The molecule has 1 aromatic rings. The molecule has 1 heterocycles. The lowest BCUT2D eigenvalue weighted by Gasteiger charge is -1.95.